The second-order valence-electron chi connectivity index (χ2n) is 6.73. The Labute approximate surface area is 169 Å². The zero-order valence-electron chi connectivity index (χ0n) is 15.7. The third-order valence-electron chi connectivity index (χ3n) is 4.61. The molecule has 4 rings (SSSR count). The molecule has 0 aliphatic rings. The summed E-state index contributed by atoms with van der Waals surface area (Å²) < 4.78 is 6.03. The number of nitrogens with zero attached hydrogens (tertiary/aromatic N) is 2. The van der Waals surface area contributed by atoms with Crippen LogP contribution in [0.1, 0.15) is 28.6 Å². The molecule has 28 heavy (non-hydrogen) atoms. The van der Waals surface area contributed by atoms with Crippen LogP contribution in [0.3, 0.4) is 0 Å². The van der Waals surface area contributed by atoms with E-state index in [-0.39, 0.29) is 6.04 Å². The molecule has 1 atom stereocenters. The molecule has 1 N–H and O–H groups in total. The Morgan fingerprint density at radius 1 is 0.893 bits per heavy atom. The number of benzene rings is 3. The van der Waals surface area contributed by atoms with Gasteiger partial charge in [-0.25, -0.2) is 0 Å². The van der Waals surface area contributed by atoms with Crippen molar-refractivity contribution in [2.45, 2.75) is 19.9 Å². The van der Waals surface area contributed by atoms with Gasteiger partial charge in [0, 0.05) is 5.69 Å². The van der Waals surface area contributed by atoms with E-state index in [1.807, 2.05) is 54.6 Å². The fraction of sp³-hybridized carbons (Fsp3) is 0.130. The molecule has 1 aromatic heterocycles. The predicted molar refractivity (Wildman–Crippen MR) is 113 cm³/mol. The van der Waals surface area contributed by atoms with Crippen molar-refractivity contribution in [2.75, 3.05) is 5.32 Å². The monoisotopic (exact) mass is 389 g/mol. The summed E-state index contributed by atoms with van der Waals surface area (Å²) in [6.07, 6.45) is 0. The molecule has 0 bridgehead atoms. The molecule has 5 heteroatoms. The number of hydrogen-bond donors (Lipinski definition) is 1. The lowest BCUT2D eigenvalue weighted by atomic mass is 10.0. The van der Waals surface area contributed by atoms with Crippen LogP contribution in [0.5, 0.6) is 0 Å². The molecule has 4 nitrogen and oxygen atoms in total. The van der Waals surface area contributed by atoms with Crippen molar-refractivity contribution in [3.8, 4) is 11.5 Å². The molecule has 0 aliphatic carbocycles. The minimum Gasteiger partial charge on any atom is -0.418 e. The number of aromatic nitrogens is 2. The SMILES string of the molecule is Cc1ccc(NC(c2ccccc2)c2nnc(-c3ccccc3Cl)o2)c(C)c1. The summed E-state index contributed by atoms with van der Waals surface area (Å²) in [6, 6.07) is 23.5. The highest BCUT2D eigenvalue weighted by atomic mass is 35.5. The van der Waals surface area contributed by atoms with Gasteiger partial charge in [-0.3, -0.25) is 0 Å². The third kappa shape index (κ3) is 3.78. The summed E-state index contributed by atoms with van der Waals surface area (Å²) in [4.78, 5) is 0. The lowest BCUT2D eigenvalue weighted by Gasteiger charge is -2.19. The maximum Gasteiger partial charge on any atom is 0.249 e. The maximum absolute atomic E-state index is 6.29. The first-order chi connectivity index (χ1) is 13.6. The largest absolute Gasteiger partial charge is 0.418 e. The van der Waals surface area contributed by atoms with E-state index in [9.17, 15) is 0 Å². The van der Waals surface area contributed by atoms with Crippen molar-refractivity contribution in [3.05, 3.63) is 100 Å². The molecule has 0 saturated heterocycles. The molecular formula is C23H20ClN3O. The first-order valence-corrected chi connectivity index (χ1v) is 9.46. The van der Waals surface area contributed by atoms with Crippen molar-refractivity contribution >= 4 is 17.3 Å². The van der Waals surface area contributed by atoms with Gasteiger partial charge in [0.2, 0.25) is 11.8 Å². The van der Waals surface area contributed by atoms with Gasteiger partial charge in [0.05, 0.1) is 10.6 Å². The van der Waals surface area contributed by atoms with E-state index >= 15 is 0 Å². The van der Waals surface area contributed by atoms with Crippen LogP contribution in [0, 0.1) is 13.8 Å². The maximum atomic E-state index is 6.29. The normalized spacial score (nSPS) is 12.0. The average Bonchev–Trinajstić information content (AvgIpc) is 3.18. The Morgan fingerprint density at radius 2 is 1.64 bits per heavy atom. The van der Waals surface area contributed by atoms with Crippen LogP contribution in [-0.4, -0.2) is 10.2 Å². The molecular weight excluding hydrogens is 370 g/mol. The molecule has 0 amide bonds. The van der Waals surface area contributed by atoms with Gasteiger partial charge in [0.15, 0.2) is 0 Å². The Hall–Kier alpha value is -3.11. The van der Waals surface area contributed by atoms with E-state index in [1.165, 1.54) is 5.56 Å². The van der Waals surface area contributed by atoms with E-state index in [0.717, 1.165) is 22.4 Å². The third-order valence-corrected chi connectivity index (χ3v) is 4.94. The predicted octanol–water partition coefficient (Wildman–Crippen LogP) is 6.21. The molecule has 0 saturated carbocycles. The number of aryl methyl sites for hydroxylation is 2. The molecule has 1 unspecified atom stereocenters. The zero-order valence-corrected chi connectivity index (χ0v) is 16.4. The summed E-state index contributed by atoms with van der Waals surface area (Å²) in [5.41, 5.74) is 5.17. The van der Waals surface area contributed by atoms with Gasteiger partial charge in [-0.15, -0.1) is 10.2 Å². The summed E-state index contributed by atoms with van der Waals surface area (Å²) in [5.74, 6) is 0.894. The van der Waals surface area contributed by atoms with Crippen LogP contribution in [0.15, 0.2) is 77.2 Å². The highest BCUT2D eigenvalue weighted by molar-refractivity contribution is 6.33. The lowest BCUT2D eigenvalue weighted by molar-refractivity contribution is 0.494. The van der Waals surface area contributed by atoms with E-state index in [2.05, 4.69) is 47.6 Å². The van der Waals surface area contributed by atoms with Gasteiger partial charge in [0.25, 0.3) is 0 Å². The smallest absolute Gasteiger partial charge is 0.249 e. The standard InChI is InChI=1S/C23H20ClN3O/c1-15-12-13-20(16(2)14-15)25-21(17-8-4-3-5-9-17)23-27-26-22(28-23)18-10-6-7-11-19(18)24/h3-14,21,25H,1-2H3. The number of nitrogens with one attached hydrogen (secondary N) is 1. The van der Waals surface area contributed by atoms with E-state index in [1.54, 1.807) is 0 Å². The molecule has 4 aromatic rings. The summed E-state index contributed by atoms with van der Waals surface area (Å²) in [7, 11) is 0. The highest BCUT2D eigenvalue weighted by Crippen LogP contribution is 2.31. The molecule has 3 aromatic carbocycles. The first kappa shape index (κ1) is 18.3. The van der Waals surface area contributed by atoms with Crippen LogP contribution in [0.25, 0.3) is 11.5 Å². The second kappa shape index (κ2) is 7.87. The number of hydrogen-bond acceptors (Lipinski definition) is 4. The first-order valence-electron chi connectivity index (χ1n) is 9.09. The van der Waals surface area contributed by atoms with Crippen molar-refractivity contribution < 1.29 is 4.42 Å². The van der Waals surface area contributed by atoms with Crippen LogP contribution in [0.4, 0.5) is 5.69 Å². The van der Waals surface area contributed by atoms with E-state index in [4.69, 9.17) is 16.0 Å². The number of halogens is 1. The summed E-state index contributed by atoms with van der Waals surface area (Å²) in [6.45, 7) is 4.17. The topological polar surface area (TPSA) is 51.0 Å². The minimum absolute atomic E-state index is 0.272. The van der Waals surface area contributed by atoms with Gasteiger partial charge in [-0.1, -0.05) is 71.8 Å². The molecule has 0 aliphatic heterocycles. The second-order valence-corrected chi connectivity index (χ2v) is 7.14. The van der Waals surface area contributed by atoms with Crippen LogP contribution < -0.4 is 5.32 Å². The summed E-state index contributed by atoms with van der Waals surface area (Å²) in [5, 5.41) is 12.7. The average molecular weight is 390 g/mol. The van der Waals surface area contributed by atoms with Gasteiger partial charge in [-0.05, 0) is 43.2 Å². The Balaban J connectivity index is 1.73. The molecule has 0 radical (unpaired) electrons. The van der Waals surface area contributed by atoms with Crippen molar-refractivity contribution in [1.82, 2.24) is 10.2 Å². The fourth-order valence-corrected chi connectivity index (χ4v) is 3.38. The zero-order chi connectivity index (χ0) is 19.5. The highest BCUT2D eigenvalue weighted by Gasteiger charge is 2.22. The Morgan fingerprint density at radius 3 is 2.39 bits per heavy atom. The number of anilines is 1. The van der Waals surface area contributed by atoms with Crippen LogP contribution >= 0.6 is 11.6 Å². The molecule has 140 valence electrons. The Bertz CT molecular complexity index is 1090. The quantitative estimate of drug-likeness (QED) is 0.441. The minimum atomic E-state index is -0.272. The van der Waals surface area contributed by atoms with Gasteiger partial charge < -0.3 is 9.73 Å². The molecule has 0 spiro atoms. The molecule has 0 fully saturated rings. The van der Waals surface area contributed by atoms with E-state index in [0.29, 0.717) is 16.8 Å². The van der Waals surface area contributed by atoms with Crippen molar-refractivity contribution in [2.24, 2.45) is 0 Å². The van der Waals surface area contributed by atoms with Crippen molar-refractivity contribution in [1.29, 1.82) is 0 Å². The Kier molecular flexibility index (Phi) is 5.13. The molecule has 1 heterocycles. The van der Waals surface area contributed by atoms with E-state index < -0.39 is 0 Å². The summed E-state index contributed by atoms with van der Waals surface area (Å²) >= 11 is 6.29. The van der Waals surface area contributed by atoms with Crippen molar-refractivity contribution in [3.63, 3.8) is 0 Å². The fourth-order valence-electron chi connectivity index (χ4n) is 3.16. The lowest BCUT2D eigenvalue weighted by Crippen LogP contribution is -2.13. The van der Waals surface area contributed by atoms with Gasteiger partial charge >= 0.3 is 0 Å². The van der Waals surface area contributed by atoms with Crippen LogP contribution in [0.2, 0.25) is 5.02 Å². The van der Waals surface area contributed by atoms with Gasteiger partial charge in [-0.2, -0.15) is 0 Å². The number of rotatable bonds is 5. The van der Waals surface area contributed by atoms with Crippen LogP contribution in [-0.2, 0) is 0 Å². The van der Waals surface area contributed by atoms with Gasteiger partial charge in [0.1, 0.15) is 6.04 Å².